The first-order valence-electron chi connectivity index (χ1n) is 4.74. The standard InChI is InChI=1S/C9H19NO2/c1-3-9(11)7-10-4-5-12-8(2)6-10/h8-9,11H,3-7H2,1-2H3/t8-,9?/m1/s1. The molecule has 1 N–H and O–H groups in total. The van der Waals surface area contributed by atoms with Crippen molar-refractivity contribution < 1.29 is 9.84 Å². The van der Waals surface area contributed by atoms with Gasteiger partial charge in [0.15, 0.2) is 0 Å². The van der Waals surface area contributed by atoms with Gasteiger partial charge in [-0.05, 0) is 13.3 Å². The Labute approximate surface area is 74.3 Å². The molecule has 0 saturated carbocycles. The van der Waals surface area contributed by atoms with Crippen LogP contribution in [0.1, 0.15) is 20.3 Å². The average molecular weight is 173 g/mol. The minimum Gasteiger partial charge on any atom is -0.392 e. The Morgan fingerprint density at radius 3 is 3.00 bits per heavy atom. The number of hydrogen-bond donors (Lipinski definition) is 1. The molecule has 1 saturated heterocycles. The van der Waals surface area contributed by atoms with Crippen LogP contribution in [-0.2, 0) is 4.74 Å². The lowest BCUT2D eigenvalue weighted by Crippen LogP contribution is -2.44. The summed E-state index contributed by atoms with van der Waals surface area (Å²) < 4.78 is 5.40. The number of morpholine rings is 1. The normalized spacial score (nSPS) is 28.8. The Morgan fingerprint density at radius 2 is 2.42 bits per heavy atom. The van der Waals surface area contributed by atoms with Crippen molar-refractivity contribution in [3.8, 4) is 0 Å². The second-order valence-corrected chi connectivity index (χ2v) is 3.50. The molecule has 0 aliphatic carbocycles. The summed E-state index contributed by atoms with van der Waals surface area (Å²) in [5.41, 5.74) is 0. The molecule has 0 aromatic carbocycles. The summed E-state index contributed by atoms with van der Waals surface area (Å²) in [6.07, 6.45) is 0.990. The Kier molecular flexibility index (Phi) is 3.98. The summed E-state index contributed by atoms with van der Waals surface area (Å²) >= 11 is 0. The summed E-state index contributed by atoms with van der Waals surface area (Å²) in [6, 6.07) is 0. The maximum atomic E-state index is 9.41. The van der Waals surface area contributed by atoms with Crippen LogP contribution in [0.3, 0.4) is 0 Å². The number of hydrogen-bond acceptors (Lipinski definition) is 3. The van der Waals surface area contributed by atoms with Crippen LogP contribution in [0.2, 0.25) is 0 Å². The number of rotatable bonds is 3. The first-order chi connectivity index (χ1) is 5.72. The van der Waals surface area contributed by atoms with E-state index < -0.39 is 0 Å². The monoisotopic (exact) mass is 173 g/mol. The van der Waals surface area contributed by atoms with Crippen molar-refractivity contribution in [1.82, 2.24) is 4.90 Å². The lowest BCUT2D eigenvalue weighted by Gasteiger charge is -2.32. The van der Waals surface area contributed by atoms with Crippen molar-refractivity contribution in [3.05, 3.63) is 0 Å². The molecule has 12 heavy (non-hydrogen) atoms. The lowest BCUT2D eigenvalue weighted by atomic mass is 10.2. The van der Waals surface area contributed by atoms with E-state index in [9.17, 15) is 5.11 Å². The smallest absolute Gasteiger partial charge is 0.0674 e. The second-order valence-electron chi connectivity index (χ2n) is 3.50. The van der Waals surface area contributed by atoms with Crippen LogP contribution in [0, 0.1) is 0 Å². The highest BCUT2D eigenvalue weighted by molar-refractivity contribution is 4.70. The van der Waals surface area contributed by atoms with Crippen LogP contribution in [-0.4, -0.2) is 48.5 Å². The van der Waals surface area contributed by atoms with Gasteiger partial charge in [0, 0.05) is 19.6 Å². The Bertz CT molecular complexity index is 130. The van der Waals surface area contributed by atoms with Gasteiger partial charge in [0.25, 0.3) is 0 Å². The van der Waals surface area contributed by atoms with Gasteiger partial charge in [0.2, 0.25) is 0 Å². The maximum absolute atomic E-state index is 9.41. The quantitative estimate of drug-likeness (QED) is 0.673. The van der Waals surface area contributed by atoms with E-state index in [2.05, 4.69) is 11.8 Å². The van der Waals surface area contributed by atoms with Crippen molar-refractivity contribution >= 4 is 0 Å². The number of β-amino-alcohol motifs (C(OH)–C–C–N with tert-alkyl or cyclic N) is 1. The van der Waals surface area contributed by atoms with E-state index in [1.54, 1.807) is 0 Å². The van der Waals surface area contributed by atoms with Gasteiger partial charge in [-0.25, -0.2) is 0 Å². The van der Waals surface area contributed by atoms with Gasteiger partial charge < -0.3 is 9.84 Å². The van der Waals surface area contributed by atoms with Gasteiger partial charge in [-0.1, -0.05) is 6.92 Å². The zero-order valence-corrected chi connectivity index (χ0v) is 7.99. The Hall–Kier alpha value is -0.120. The fourth-order valence-electron chi connectivity index (χ4n) is 1.48. The topological polar surface area (TPSA) is 32.7 Å². The molecule has 0 spiro atoms. The van der Waals surface area contributed by atoms with Crippen LogP contribution in [0.25, 0.3) is 0 Å². The van der Waals surface area contributed by atoms with Crippen molar-refractivity contribution in [3.63, 3.8) is 0 Å². The van der Waals surface area contributed by atoms with Gasteiger partial charge >= 0.3 is 0 Å². The van der Waals surface area contributed by atoms with E-state index in [0.29, 0.717) is 6.10 Å². The molecule has 72 valence electrons. The third-order valence-corrected chi connectivity index (χ3v) is 2.27. The van der Waals surface area contributed by atoms with Gasteiger partial charge in [-0.15, -0.1) is 0 Å². The zero-order chi connectivity index (χ0) is 8.97. The second kappa shape index (κ2) is 4.80. The van der Waals surface area contributed by atoms with E-state index in [0.717, 1.165) is 32.7 Å². The summed E-state index contributed by atoms with van der Waals surface area (Å²) in [7, 11) is 0. The van der Waals surface area contributed by atoms with Crippen LogP contribution in [0.4, 0.5) is 0 Å². The SMILES string of the molecule is CCC(O)CN1CCO[C@H](C)C1. The van der Waals surface area contributed by atoms with Gasteiger partial charge in [0.05, 0.1) is 18.8 Å². The molecule has 1 heterocycles. The molecule has 0 amide bonds. The molecule has 1 rings (SSSR count). The van der Waals surface area contributed by atoms with E-state index in [1.165, 1.54) is 0 Å². The van der Waals surface area contributed by atoms with Gasteiger partial charge in [-0.2, -0.15) is 0 Å². The molecule has 1 aliphatic rings. The van der Waals surface area contributed by atoms with Crippen molar-refractivity contribution in [2.75, 3.05) is 26.2 Å². The summed E-state index contributed by atoms with van der Waals surface area (Å²) in [6.45, 7) is 7.60. The third-order valence-electron chi connectivity index (χ3n) is 2.27. The molecule has 1 fully saturated rings. The van der Waals surface area contributed by atoms with E-state index in [1.807, 2.05) is 6.92 Å². The van der Waals surface area contributed by atoms with E-state index >= 15 is 0 Å². The predicted molar refractivity (Wildman–Crippen MR) is 48.2 cm³/mol. The molecular formula is C9H19NO2. The number of aliphatic hydroxyl groups is 1. The molecule has 2 atom stereocenters. The molecule has 0 aromatic heterocycles. The van der Waals surface area contributed by atoms with E-state index in [4.69, 9.17) is 4.74 Å². The van der Waals surface area contributed by atoms with Gasteiger partial charge in [-0.3, -0.25) is 4.90 Å². The third kappa shape index (κ3) is 3.09. The molecular weight excluding hydrogens is 154 g/mol. The minimum atomic E-state index is -0.171. The highest BCUT2D eigenvalue weighted by atomic mass is 16.5. The predicted octanol–water partition coefficient (Wildman–Crippen LogP) is 0.478. The largest absolute Gasteiger partial charge is 0.392 e. The van der Waals surface area contributed by atoms with Gasteiger partial charge in [0.1, 0.15) is 0 Å². The number of ether oxygens (including phenoxy) is 1. The molecule has 0 aromatic rings. The number of aliphatic hydroxyl groups excluding tert-OH is 1. The lowest BCUT2D eigenvalue weighted by molar-refractivity contribution is -0.0318. The summed E-state index contributed by atoms with van der Waals surface area (Å²) in [4.78, 5) is 2.27. The van der Waals surface area contributed by atoms with Crippen LogP contribution in [0.15, 0.2) is 0 Å². The molecule has 0 radical (unpaired) electrons. The van der Waals surface area contributed by atoms with E-state index in [-0.39, 0.29) is 6.10 Å². The summed E-state index contributed by atoms with van der Waals surface area (Å²) in [5, 5.41) is 9.41. The Morgan fingerprint density at radius 1 is 1.67 bits per heavy atom. The maximum Gasteiger partial charge on any atom is 0.0674 e. The van der Waals surface area contributed by atoms with Crippen LogP contribution >= 0.6 is 0 Å². The molecule has 3 heteroatoms. The fraction of sp³-hybridized carbons (Fsp3) is 1.00. The highest BCUT2D eigenvalue weighted by Gasteiger charge is 2.17. The van der Waals surface area contributed by atoms with Crippen LogP contribution < -0.4 is 0 Å². The highest BCUT2D eigenvalue weighted by Crippen LogP contribution is 2.05. The molecule has 1 aliphatic heterocycles. The molecule has 0 bridgehead atoms. The molecule has 1 unspecified atom stereocenters. The minimum absolute atomic E-state index is 0.171. The Balaban J connectivity index is 2.22. The first kappa shape index (κ1) is 9.96. The first-order valence-corrected chi connectivity index (χ1v) is 4.74. The van der Waals surface area contributed by atoms with Crippen molar-refractivity contribution in [2.24, 2.45) is 0 Å². The van der Waals surface area contributed by atoms with Crippen molar-refractivity contribution in [2.45, 2.75) is 32.5 Å². The zero-order valence-electron chi connectivity index (χ0n) is 7.99. The van der Waals surface area contributed by atoms with Crippen LogP contribution in [0.5, 0.6) is 0 Å². The fourth-order valence-corrected chi connectivity index (χ4v) is 1.48. The molecule has 3 nitrogen and oxygen atoms in total. The summed E-state index contributed by atoms with van der Waals surface area (Å²) in [5.74, 6) is 0. The van der Waals surface area contributed by atoms with Crippen molar-refractivity contribution in [1.29, 1.82) is 0 Å². The number of nitrogens with zero attached hydrogens (tertiary/aromatic N) is 1. The average Bonchev–Trinajstić information content (AvgIpc) is 2.04.